The zero-order valence-corrected chi connectivity index (χ0v) is 13.5. The van der Waals surface area contributed by atoms with Crippen LogP contribution < -0.4 is 10.2 Å². The molecule has 2 rings (SSSR count). The maximum Gasteiger partial charge on any atom is 0.275 e. The van der Waals surface area contributed by atoms with Gasteiger partial charge in [-0.05, 0) is 18.1 Å². The van der Waals surface area contributed by atoms with Crippen LogP contribution in [0.25, 0.3) is 0 Å². The molecule has 0 atom stereocenters. The summed E-state index contributed by atoms with van der Waals surface area (Å²) in [6.45, 7) is 8.47. The Bertz CT molecular complexity index is 494. The Balaban J connectivity index is 1.76. The smallest absolute Gasteiger partial charge is 0.275 e. The molecule has 0 bridgehead atoms. The number of carbonyl (C=O) groups is 2. The molecular weight excluding hydrogens is 278 g/mol. The lowest BCUT2D eigenvalue weighted by atomic mass is 10.2. The molecule has 5 heteroatoms. The molecule has 0 spiro atoms. The Morgan fingerprint density at radius 3 is 2.41 bits per heavy atom. The van der Waals surface area contributed by atoms with E-state index in [-0.39, 0.29) is 11.8 Å². The van der Waals surface area contributed by atoms with Crippen LogP contribution in [0.4, 0.5) is 0 Å². The molecule has 1 aliphatic rings. The number of nitrogens with zero attached hydrogens (tertiary/aromatic N) is 1. The summed E-state index contributed by atoms with van der Waals surface area (Å²) < 4.78 is 0. The number of nitrogens with one attached hydrogen (secondary N) is 2. The number of piperazine rings is 1. The molecule has 1 fully saturated rings. The van der Waals surface area contributed by atoms with Crippen molar-refractivity contribution in [2.24, 2.45) is 5.92 Å². The Labute approximate surface area is 132 Å². The molecule has 0 radical (unpaired) electrons. The molecule has 0 unspecified atom stereocenters. The highest BCUT2D eigenvalue weighted by molar-refractivity contribution is 5.94. The van der Waals surface area contributed by atoms with E-state index in [4.69, 9.17) is 0 Å². The minimum absolute atomic E-state index is 0.0870. The van der Waals surface area contributed by atoms with Crippen LogP contribution in [0, 0.1) is 5.92 Å². The Morgan fingerprint density at radius 2 is 1.82 bits per heavy atom. The third kappa shape index (κ3) is 4.84. The molecule has 22 heavy (non-hydrogen) atoms. The zero-order valence-electron chi connectivity index (χ0n) is 13.5. The quantitative estimate of drug-likeness (QED) is 0.791. The fraction of sp³-hybridized carbons (Fsp3) is 0.529. The Morgan fingerprint density at radius 1 is 1.18 bits per heavy atom. The van der Waals surface area contributed by atoms with Crippen molar-refractivity contribution in [1.82, 2.24) is 10.2 Å². The van der Waals surface area contributed by atoms with Gasteiger partial charge in [0.05, 0.1) is 26.2 Å². The van der Waals surface area contributed by atoms with Gasteiger partial charge in [0, 0.05) is 12.1 Å². The van der Waals surface area contributed by atoms with Crippen molar-refractivity contribution in [3.63, 3.8) is 0 Å². The first-order valence-corrected chi connectivity index (χ1v) is 8.01. The van der Waals surface area contributed by atoms with Gasteiger partial charge in [0.1, 0.15) is 0 Å². The van der Waals surface area contributed by atoms with E-state index in [0.717, 1.165) is 25.2 Å². The second-order valence-electron chi connectivity index (χ2n) is 6.28. The van der Waals surface area contributed by atoms with Gasteiger partial charge in [0.25, 0.3) is 11.8 Å². The van der Waals surface area contributed by atoms with E-state index in [9.17, 15) is 9.59 Å². The van der Waals surface area contributed by atoms with Crippen molar-refractivity contribution < 1.29 is 14.5 Å². The molecule has 120 valence electrons. The van der Waals surface area contributed by atoms with Gasteiger partial charge < -0.3 is 15.1 Å². The molecule has 1 aliphatic heterocycles. The summed E-state index contributed by atoms with van der Waals surface area (Å²) in [5.74, 6) is 0.662. The number of hydrogen-bond donors (Lipinski definition) is 2. The predicted octanol–water partition coefficient (Wildman–Crippen LogP) is -0.200. The first kappa shape index (κ1) is 16.5. The van der Waals surface area contributed by atoms with Gasteiger partial charge in [0.15, 0.2) is 6.54 Å². The van der Waals surface area contributed by atoms with Gasteiger partial charge in [-0.25, -0.2) is 0 Å². The van der Waals surface area contributed by atoms with Gasteiger partial charge in [-0.2, -0.15) is 0 Å². The minimum Gasteiger partial charge on any atom is -0.351 e. The van der Waals surface area contributed by atoms with Crippen molar-refractivity contribution in [1.29, 1.82) is 0 Å². The molecule has 1 aromatic rings. The lowest BCUT2D eigenvalue weighted by molar-refractivity contribution is -0.896. The number of hydrogen-bond acceptors (Lipinski definition) is 2. The van der Waals surface area contributed by atoms with E-state index in [2.05, 4.69) is 19.2 Å². The maximum absolute atomic E-state index is 12.3. The van der Waals surface area contributed by atoms with E-state index in [1.807, 2.05) is 35.2 Å². The van der Waals surface area contributed by atoms with E-state index < -0.39 is 0 Å². The largest absolute Gasteiger partial charge is 0.351 e. The SMILES string of the molecule is CC(C)CNC(=O)C[NH+]1CCN(C(=O)c2ccccc2)CC1. The normalized spacial score (nSPS) is 15.9. The first-order chi connectivity index (χ1) is 10.6. The van der Waals surface area contributed by atoms with Crippen LogP contribution >= 0.6 is 0 Å². The highest BCUT2D eigenvalue weighted by atomic mass is 16.2. The molecule has 0 aliphatic carbocycles. The van der Waals surface area contributed by atoms with Gasteiger partial charge in [-0.3, -0.25) is 9.59 Å². The molecule has 1 saturated heterocycles. The van der Waals surface area contributed by atoms with E-state index in [1.54, 1.807) is 0 Å². The standard InChI is InChI=1S/C17H25N3O2/c1-14(2)12-18-16(21)13-19-8-10-20(11-9-19)17(22)15-6-4-3-5-7-15/h3-7,14H,8-13H2,1-2H3,(H,18,21)/p+1. The van der Waals surface area contributed by atoms with Crippen LogP contribution in [0.15, 0.2) is 30.3 Å². The van der Waals surface area contributed by atoms with Crippen LogP contribution in [0.3, 0.4) is 0 Å². The van der Waals surface area contributed by atoms with Crippen molar-refractivity contribution in [3.05, 3.63) is 35.9 Å². The Hall–Kier alpha value is -1.88. The number of benzene rings is 1. The third-order valence-corrected chi connectivity index (χ3v) is 3.90. The topological polar surface area (TPSA) is 53.9 Å². The molecule has 2 amide bonds. The van der Waals surface area contributed by atoms with E-state index in [1.165, 1.54) is 4.90 Å². The Kier molecular flexibility index (Phi) is 5.95. The fourth-order valence-electron chi connectivity index (χ4n) is 2.57. The van der Waals surface area contributed by atoms with Gasteiger partial charge >= 0.3 is 0 Å². The fourth-order valence-corrected chi connectivity index (χ4v) is 2.57. The molecule has 1 heterocycles. The minimum atomic E-state index is 0.0870. The van der Waals surface area contributed by atoms with Gasteiger partial charge in [-0.15, -0.1) is 0 Å². The second-order valence-corrected chi connectivity index (χ2v) is 6.28. The van der Waals surface area contributed by atoms with Crippen LogP contribution in [0.1, 0.15) is 24.2 Å². The lowest BCUT2D eigenvalue weighted by Gasteiger charge is -2.32. The summed E-state index contributed by atoms with van der Waals surface area (Å²) >= 11 is 0. The van der Waals surface area contributed by atoms with Crippen molar-refractivity contribution >= 4 is 11.8 Å². The predicted molar refractivity (Wildman–Crippen MR) is 85.8 cm³/mol. The molecule has 0 aromatic heterocycles. The molecule has 0 saturated carbocycles. The number of carbonyl (C=O) groups excluding carboxylic acids is 2. The van der Waals surface area contributed by atoms with E-state index in [0.29, 0.717) is 25.6 Å². The molecule has 2 N–H and O–H groups in total. The van der Waals surface area contributed by atoms with Crippen LogP contribution in [-0.4, -0.2) is 56.0 Å². The maximum atomic E-state index is 12.3. The van der Waals surface area contributed by atoms with Gasteiger partial charge in [-0.1, -0.05) is 32.0 Å². The molecule has 5 nitrogen and oxygen atoms in total. The summed E-state index contributed by atoms with van der Waals surface area (Å²) in [4.78, 5) is 27.3. The third-order valence-electron chi connectivity index (χ3n) is 3.90. The van der Waals surface area contributed by atoms with Crippen molar-refractivity contribution in [2.75, 3.05) is 39.3 Å². The average molecular weight is 304 g/mol. The summed E-state index contributed by atoms with van der Waals surface area (Å²) in [6, 6.07) is 9.37. The monoisotopic (exact) mass is 304 g/mol. The van der Waals surface area contributed by atoms with Crippen molar-refractivity contribution in [3.8, 4) is 0 Å². The van der Waals surface area contributed by atoms with Crippen LogP contribution in [0.2, 0.25) is 0 Å². The number of amides is 2. The highest BCUT2D eigenvalue weighted by Gasteiger charge is 2.25. The summed E-state index contributed by atoms with van der Waals surface area (Å²) in [5.41, 5.74) is 0.737. The van der Waals surface area contributed by atoms with E-state index >= 15 is 0 Å². The summed E-state index contributed by atoms with van der Waals surface area (Å²) in [5, 5.41) is 2.95. The van der Waals surface area contributed by atoms with Crippen molar-refractivity contribution in [2.45, 2.75) is 13.8 Å². The molecule has 1 aromatic carbocycles. The van der Waals surface area contributed by atoms with Gasteiger partial charge in [0.2, 0.25) is 0 Å². The summed E-state index contributed by atoms with van der Waals surface area (Å²) in [6.07, 6.45) is 0. The zero-order chi connectivity index (χ0) is 15.9. The van der Waals surface area contributed by atoms with Crippen LogP contribution in [0.5, 0.6) is 0 Å². The lowest BCUT2D eigenvalue weighted by Crippen LogP contribution is -3.15. The second kappa shape index (κ2) is 7.94. The molecular formula is C17H26N3O2+. The first-order valence-electron chi connectivity index (χ1n) is 8.01. The average Bonchev–Trinajstić information content (AvgIpc) is 2.54. The highest BCUT2D eigenvalue weighted by Crippen LogP contribution is 2.04. The number of rotatable bonds is 5. The summed E-state index contributed by atoms with van der Waals surface area (Å²) in [7, 11) is 0. The van der Waals surface area contributed by atoms with Crippen LogP contribution in [-0.2, 0) is 4.79 Å². The number of quaternary nitrogens is 1.